The highest BCUT2D eigenvalue weighted by atomic mass is 16.6. The van der Waals surface area contributed by atoms with E-state index in [9.17, 15) is 14.4 Å². The van der Waals surface area contributed by atoms with Gasteiger partial charge in [0.2, 0.25) is 0 Å². The number of nitrogens with zero attached hydrogens (tertiary/aromatic N) is 21. The monoisotopic (exact) mass is 1150 g/mol. The SMILES string of the molecule is Cn1cc(Nc2nc(C3=CCN(C(=O)OC(C)(C)C)C3)cn3ncnc23)cn1.Cn1cc(Nc2nc([C@@H]3CCN(C(=O)OC(C)(C)C)C3)cn3ncnc23)cn1.Cn1cc(Nc2nc([C@H]3CCN(C(=O)OC(C)(C)C)C3)cn3ncnc23)cn1. The van der Waals surface area contributed by atoms with Crippen LogP contribution in [0.5, 0.6) is 0 Å². The van der Waals surface area contributed by atoms with Gasteiger partial charge in [-0.2, -0.15) is 30.6 Å². The zero-order chi connectivity index (χ0) is 59.7. The van der Waals surface area contributed by atoms with Crippen molar-refractivity contribution in [2.75, 3.05) is 55.2 Å². The molecule has 0 radical (unpaired) electrons. The van der Waals surface area contributed by atoms with Gasteiger partial charge in [-0.1, -0.05) is 6.08 Å². The highest BCUT2D eigenvalue weighted by Crippen LogP contribution is 2.32. The molecule has 3 amide bonds. The third-order valence-electron chi connectivity index (χ3n) is 13.1. The average Bonchev–Trinajstić information content (AvgIpc) is 4.04. The Hall–Kier alpha value is -9.77. The molecule has 0 spiro atoms. The lowest BCUT2D eigenvalue weighted by Crippen LogP contribution is -2.35. The number of fused-ring (bicyclic) bond motifs is 3. The third-order valence-corrected chi connectivity index (χ3v) is 13.1. The van der Waals surface area contributed by atoms with Crippen LogP contribution in [0.15, 0.2) is 80.8 Å². The molecule has 30 nitrogen and oxygen atoms in total. The van der Waals surface area contributed by atoms with Crippen LogP contribution in [0.25, 0.3) is 22.5 Å². The second-order valence-corrected chi connectivity index (χ2v) is 23.6. The van der Waals surface area contributed by atoms with Crippen LogP contribution in [0.1, 0.15) is 104 Å². The Morgan fingerprint density at radius 1 is 0.488 bits per heavy atom. The van der Waals surface area contributed by atoms with E-state index in [1.165, 1.54) is 19.0 Å². The molecular formula is C54H70N24O6. The summed E-state index contributed by atoms with van der Waals surface area (Å²) in [6, 6.07) is 0. The number of likely N-dealkylation sites (tertiary alicyclic amines) is 2. The van der Waals surface area contributed by atoms with E-state index in [0.717, 1.165) is 52.6 Å². The first-order valence-corrected chi connectivity index (χ1v) is 27.4. The van der Waals surface area contributed by atoms with Crippen LogP contribution in [0.2, 0.25) is 0 Å². The quantitative estimate of drug-likeness (QED) is 0.124. The van der Waals surface area contributed by atoms with Gasteiger partial charge in [0.15, 0.2) is 34.4 Å². The topological polar surface area (TPSA) is 307 Å². The van der Waals surface area contributed by atoms with Crippen molar-refractivity contribution in [1.29, 1.82) is 0 Å². The van der Waals surface area contributed by atoms with Crippen LogP contribution in [-0.2, 0) is 35.4 Å². The summed E-state index contributed by atoms with van der Waals surface area (Å²) >= 11 is 0. The van der Waals surface area contributed by atoms with Gasteiger partial charge in [0.25, 0.3) is 0 Å². The van der Waals surface area contributed by atoms with Gasteiger partial charge in [0.05, 0.1) is 77.9 Å². The number of hydrogen-bond donors (Lipinski definition) is 3. The number of nitrogens with one attached hydrogen (secondary N) is 3. The van der Waals surface area contributed by atoms with Crippen molar-refractivity contribution in [2.24, 2.45) is 21.1 Å². The van der Waals surface area contributed by atoms with Gasteiger partial charge in [-0.3, -0.25) is 14.0 Å². The van der Waals surface area contributed by atoms with Crippen LogP contribution in [-0.4, -0.2) is 177 Å². The molecule has 442 valence electrons. The summed E-state index contributed by atoms with van der Waals surface area (Å²) in [4.78, 5) is 69.2. The molecule has 3 aliphatic heterocycles. The summed E-state index contributed by atoms with van der Waals surface area (Å²) in [7, 11) is 5.55. The molecule has 2 atom stereocenters. The lowest BCUT2D eigenvalue weighted by Gasteiger charge is -2.24. The van der Waals surface area contributed by atoms with E-state index in [0.29, 0.717) is 73.7 Å². The number of ether oxygens (including phenoxy) is 3. The molecule has 0 bridgehead atoms. The highest BCUT2D eigenvalue weighted by molar-refractivity contribution is 5.79. The minimum Gasteiger partial charge on any atom is -0.444 e. The molecule has 2 saturated heterocycles. The molecule has 30 heteroatoms. The van der Waals surface area contributed by atoms with Gasteiger partial charge in [-0.25, -0.2) is 57.8 Å². The Kier molecular flexibility index (Phi) is 15.9. The predicted octanol–water partition coefficient (Wildman–Crippen LogP) is 6.89. The van der Waals surface area contributed by atoms with Crippen molar-refractivity contribution < 1.29 is 28.6 Å². The standard InChI is InChI=1S/2C18H24N8O2.C18H22N8O2/c3*1-18(2,3)28-17(27)25-6-5-12(8-25)14-10-26-16(19-11-21-26)15(23-14)22-13-7-20-24(4)9-13/h2*7,9-12H,5-6,8H2,1-4H3,(H,22,23);5,7,9-11H,6,8H2,1-4H3,(H,22,23)/t2*12-;/m10./s1. The van der Waals surface area contributed by atoms with E-state index in [1.54, 1.807) is 67.1 Å². The van der Waals surface area contributed by atoms with Gasteiger partial charge in [-0.15, -0.1) is 0 Å². The highest BCUT2D eigenvalue weighted by Gasteiger charge is 2.34. The van der Waals surface area contributed by atoms with Gasteiger partial charge < -0.3 is 44.9 Å². The Balaban J connectivity index is 0.000000140. The van der Waals surface area contributed by atoms with Crippen LogP contribution in [0.4, 0.5) is 48.9 Å². The Morgan fingerprint density at radius 3 is 1.23 bits per heavy atom. The van der Waals surface area contributed by atoms with Crippen molar-refractivity contribution in [1.82, 2.24) is 103 Å². The first kappa shape index (κ1) is 57.5. The summed E-state index contributed by atoms with van der Waals surface area (Å²) in [5, 5.41) is 35.0. The minimum absolute atomic E-state index is 0.107. The lowest BCUT2D eigenvalue weighted by atomic mass is 10.1. The normalized spacial score (nSPS) is 16.3. The molecule has 84 heavy (non-hydrogen) atoms. The molecule has 3 aliphatic rings. The van der Waals surface area contributed by atoms with E-state index in [2.05, 4.69) is 61.5 Å². The molecule has 0 saturated carbocycles. The second-order valence-electron chi connectivity index (χ2n) is 23.6. The number of aromatic nitrogens is 18. The number of aryl methyl sites for hydroxylation is 3. The average molecular weight is 1150 g/mol. The Morgan fingerprint density at radius 2 is 0.857 bits per heavy atom. The smallest absolute Gasteiger partial charge is 0.410 e. The first-order chi connectivity index (χ1) is 39.8. The number of anilines is 6. The molecular weight excluding hydrogens is 1080 g/mol. The van der Waals surface area contributed by atoms with Gasteiger partial charge in [-0.05, 0) is 80.7 Å². The van der Waals surface area contributed by atoms with E-state index in [4.69, 9.17) is 29.2 Å². The summed E-state index contributed by atoms with van der Waals surface area (Å²) < 4.78 is 26.6. The number of amides is 3. The minimum atomic E-state index is -0.529. The fraction of sp³-hybridized carbons (Fsp3) is 0.463. The lowest BCUT2D eigenvalue weighted by molar-refractivity contribution is 0.0282. The molecule has 9 aromatic rings. The Labute approximate surface area is 483 Å². The zero-order valence-corrected chi connectivity index (χ0v) is 49.2. The first-order valence-electron chi connectivity index (χ1n) is 27.4. The molecule has 0 aliphatic carbocycles. The number of carbonyl (C=O) groups excluding carboxylic acids is 3. The van der Waals surface area contributed by atoms with Crippen molar-refractivity contribution in [3.05, 3.63) is 97.9 Å². The summed E-state index contributed by atoms with van der Waals surface area (Å²) in [5.74, 6) is 2.00. The van der Waals surface area contributed by atoms with E-state index in [-0.39, 0.29) is 30.1 Å². The van der Waals surface area contributed by atoms with Crippen LogP contribution < -0.4 is 16.0 Å². The van der Waals surface area contributed by atoms with Crippen LogP contribution in [0, 0.1) is 0 Å². The van der Waals surface area contributed by atoms with Gasteiger partial charge in [0.1, 0.15) is 35.8 Å². The van der Waals surface area contributed by atoms with Gasteiger partial charge in [0, 0.05) is 84.3 Å². The molecule has 0 unspecified atom stereocenters. The molecule has 12 rings (SSSR count). The molecule has 12 heterocycles. The Bertz CT molecular complexity index is 3650. The maximum Gasteiger partial charge on any atom is 0.410 e. The van der Waals surface area contributed by atoms with Crippen LogP contribution in [0.3, 0.4) is 0 Å². The van der Waals surface area contributed by atoms with Gasteiger partial charge >= 0.3 is 18.3 Å². The van der Waals surface area contributed by atoms with Crippen molar-refractivity contribution in [2.45, 2.75) is 104 Å². The van der Waals surface area contributed by atoms with Crippen molar-refractivity contribution in [3.8, 4) is 0 Å². The summed E-state index contributed by atoms with van der Waals surface area (Å²) in [5.41, 5.74) is 6.13. The maximum atomic E-state index is 12.4. The van der Waals surface area contributed by atoms with E-state index in [1.807, 2.05) is 121 Å². The molecule has 0 aromatic carbocycles. The fourth-order valence-electron chi connectivity index (χ4n) is 9.39. The van der Waals surface area contributed by atoms with E-state index < -0.39 is 16.8 Å². The number of rotatable bonds is 9. The number of hydrogen-bond acceptors (Lipinski definition) is 21. The van der Waals surface area contributed by atoms with Crippen molar-refractivity contribution in [3.63, 3.8) is 0 Å². The molecule has 2 fully saturated rings. The molecule has 3 N–H and O–H groups in total. The second kappa shape index (κ2) is 23.2. The predicted molar refractivity (Wildman–Crippen MR) is 308 cm³/mol. The zero-order valence-electron chi connectivity index (χ0n) is 49.2. The summed E-state index contributed by atoms with van der Waals surface area (Å²) in [6.07, 6.45) is 23.5. The molecule has 9 aromatic heterocycles. The largest absolute Gasteiger partial charge is 0.444 e. The van der Waals surface area contributed by atoms with Crippen molar-refractivity contribution >= 4 is 75.3 Å². The maximum absolute atomic E-state index is 12.4. The summed E-state index contributed by atoms with van der Waals surface area (Å²) in [6.45, 7) is 20.1. The fourth-order valence-corrected chi connectivity index (χ4v) is 9.39. The van der Waals surface area contributed by atoms with Crippen LogP contribution >= 0.6 is 0 Å². The number of carbonyl (C=O) groups is 3. The third kappa shape index (κ3) is 14.1. The van der Waals surface area contributed by atoms with E-state index >= 15 is 0 Å².